The molecule has 1 aromatic carbocycles. The molecule has 0 atom stereocenters. The van der Waals surface area contributed by atoms with Crippen molar-refractivity contribution < 1.29 is 22.6 Å². The van der Waals surface area contributed by atoms with E-state index in [2.05, 4.69) is 25.8 Å². The summed E-state index contributed by atoms with van der Waals surface area (Å²) in [6.07, 6.45) is -2.63. The van der Waals surface area contributed by atoms with Crippen molar-refractivity contribution in [2.45, 2.75) is 39.3 Å². The zero-order chi connectivity index (χ0) is 18.7. The zero-order valence-corrected chi connectivity index (χ0v) is 14.8. The van der Waals surface area contributed by atoms with E-state index in [9.17, 15) is 13.2 Å². The number of halogens is 3. The van der Waals surface area contributed by atoms with Gasteiger partial charge in [-0.2, -0.15) is 13.2 Å². The summed E-state index contributed by atoms with van der Waals surface area (Å²) in [6, 6.07) is 7.35. The van der Waals surface area contributed by atoms with Gasteiger partial charge in [0.05, 0.1) is 5.56 Å². The fourth-order valence-electron chi connectivity index (χ4n) is 2.21. The van der Waals surface area contributed by atoms with E-state index in [0.29, 0.717) is 11.4 Å². The van der Waals surface area contributed by atoms with Crippen LogP contribution in [-0.4, -0.2) is 18.2 Å². The fraction of sp³-hybridized carbons (Fsp3) is 0.421. The van der Waals surface area contributed by atoms with E-state index >= 15 is 0 Å². The van der Waals surface area contributed by atoms with Crippen molar-refractivity contribution in [3.8, 4) is 11.6 Å². The molecule has 0 aliphatic carbocycles. The molecule has 25 heavy (non-hydrogen) atoms. The van der Waals surface area contributed by atoms with Crippen LogP contribution in [-0.2, 0) is 11.6 Å². The number of nitrogens with zero attached hydrogens (tertiary/aromatic N) is 1. The first-order valence-electron chi connectivity index (χ1n) is 7.97. The first kappa shape index (κ1) is 19.1. The Balaban J connectivity index is 1.88. The smallest absolute Gasteiger partial charge is 0.416 e. The molecule has 2 aromatic rings. The van der Waals surface area contributed by atoms with E-state index in [1.54, 1.807) is 25.3 Å². The summed E-state index contributed by atoms with van der Waals surface area (Å²) in [7, 11) is 0. The molecule has 0 aliphatic rings. The monoisotopic (exact) mass is 353 g/mol. The lowest BCUT2D eigenvalue weighted by atomic mass is 9.88. The summed E-state index contributed by atoms with van der Waals surface area (Å²) in [5, 5.41) is 0. The molecule has 0 unspecified atom stereocenters. The van der Waals surface area contributed by atoms with Crippen molar-refractivity contribution in [3.05, 3.63) is 53.2 Å². The van der Waals surface area contributed by atoms with Crippen LogP contribution >= 0.6 is 0 Å². The van der Waals surface area contributed by atoms with Crippen LogP contribution in [0.15, 0.2) is 36.5 Å². The van der Waals surface area contributed by atoms with Gasteiger partial charge in [0.25, 0.3) is 0 Å². The molecule has 0 saturated heterocycles. The maximum atomic E-state index is 12.8. The van der Waals surface area contributed by atoms with Crippen LogP contribution in [0.5, 0.6) is 11.6 Å². The molecule has 0 aliphatic heterocycles. The van der Waals surface area contributed by atoms with Gasteiger partial charge in [-0.05, 0) is 41.7 Å². The third-order valence-electron chi connectivity index (χ3n) is 3.58. The maximum absolute atomic E-state index is 12.8. The highest BCUT2D eigenvalue weighted by Gasteiger charge is 2.31. The molecule has 0 saturated carbocycles. The van der Waals surface area contributed by atoms with E-state index in [1.807, 2.05) is 6.07 Å². The van der Waals surface area contributed by atoms with Crippen LogP contribution in [0.2, 0.25) is 0 Å². The lowest BCUT2D eigenvalue weighted by Crippen LogP contribution is -2.13. The van der Waals surface area contributed by atoms with Crippen LogP contribution in [0.4, 0.5) is 13.2 Å². The van der Waals surface area contributed by atoms with Gasteiger partial charge in [0.1, 0.15) is 19.0 Å². The highest BCUT2D eigenvalue weighted by Crippen LogP contribution is 2.32. The van der Waals surface area contributed by atoms with E-state index in [4.69, 9.17) is 9.47 Å². The number of alkyl halides is 3. The summed E-state index contributed by atoms with van der Waals surface area (Å²) in [5.74, 6) is 0.629. The Bertz CT molecular complexity index is 704. The predicted molar refractivity (Wildman–Crippen MR) is 90.1 cm³/mol. The largest absolute Gasteiger partial charge is 0.490 e. The van der Waals surface area contributed by atoms with Crippen molar-refractivity contribution in [1.29, 1.82) is 0 Å². The topological polar surface area (TPSA) is 31.4 Å². The van der Waals surface area contributed by atoms with E-state index in [0.717, 1.165) is 17.7 Å². The van der Waals surface area contributed by atoms with Gasteiger partial charge < -0.3 is 9.47 Å². The molecule has 1 aromatic heterocycles. The molecule has 0 spiro atoms. The lowest BCUT2D eigenvalue weighted by Gasteiger charge is -2.18. The Hall–Kier alpha value is -2.24. The summed E-state index contributed by atoms with van der Waals surface area (Å²) in [4.78, 5) is 4.22. The lowest BCUT2D eigenvalue weighted by molar-refractivity contribution is -0.137. The minimum Gasteiger partial charge on any atom is -0.490 e. The van der Waals surface area contributed by atoms with Crippen LogP contribution in [0.3, 0.4) is 0 Å². The minimum atomic E-state index is -4.39. The van der Waals surface area contributed by atoms with Crippen molar-refractivity contribution in [2.24, 2.45) is 0 Å². The average Bonchev–Trinajstić information content (AvgIpc) is 2.50. The summed E-state index contributed by atoms with van der Waals surface area (Å²) in [6.45, 7) is 8.19. The predicted octanol–water partition coefficient (Wildman–Crippen LogP) is 5.16. The fourth-order valence-corrected chi connectivity index (χ4v) is 2.21. The van der Waals surface area contributed by atoms with Crippen LogP contribution in [0.25, 0.3) is 0 Å². The molecule has 0 radical (unpaired) electrons. The second-order valence-corrected chi connectivity index (χ2v) is 6.86. The highest BCUT2D eigenvalue weighted by molar-refractivity contribution is 5.35. The van der Waals surface area contributed by atoms with Crippen molar-refractivity contribution in [2.75, 3.05) is 13.2 Å². The summed E-state index contributed by atoms with van der Waals surface area (Å²) in [5.41, 5.74) is 0.874. The number of hydrogen-bond acceptors (Lipinski definition) is 3. The second kappa shape index (κ2) is 7.33. The zero-order valence-electron chi connectivity index (χ0n) is 14.8. The first-order chi connectivity index (χ1) is 11.6. The number of hydrogen-bond donors (Lipinski definition) is 0. The molecule has 6 heteroatoms. The minimum absolute atomic E-state index is 0.00992. The van der Waals surface area contributed by atoms with Gasteiger partial charge >= 0.3 is 6.18 Å². The Kier molecular flexibility index (Phi) is 5.60. The highest BCUT2D eigenvalue weighted by atomic mass is 19.4. The average molecular weight is 353 g/mol. The maximum Gasteiger partial charge on any atom is 0.416 e. The molecular formula is C19H22F3NO2. The molecule has 1 heterocycles. The van der Waals surface area contributed by atoms with Crippen LogP contribution < -0.4 is 9.47 Å². The number of rotatable bonds is 5. The normalized spacial score (nSPS) is 12.1. The summed E-state index contributed by atoms with van der Waals surface area (Å²) < 4.78 is 49.2. The Morgan fingerprint density at radius 3 is 2.16 bits per heavy atom. The summed E-state index contributed by atoms with van der Waals surface area (Å²) >= 11 is 0. The van der Waals surface area contributed by atoms with E-state index in [1.165, 1.54) is 0 Å². The van der Waals surface area contributed by atoms with Gasteiger partial charge in [0, 0.05) is 12.3 Å². The van der Waals surface area contributed by atoms with Gasteiger partial charge in [-0.3, -0.25) is 0 Å². The van der Waals surface area contributed by atoms with Gasteiger partial charge in [-0.15, -0.1) is 0 Å². The van der Waals surface area contributed by atoms with Crippen molar-refractivity contribution >= 4 is 0 Å². The molecule has 0 amide bonds. The van der Waals surface area contributed by atoms with E-state index < -0.39 is 11.7 Å². The number of aryl methyl sites for hydroxylation is 1. The number of benzene rings is 1. The molecule has 2 rings (SSSR count). The van der Waals surface area contributed by atoms with Crippen LogP contribution in [0.1, 0.15) is 37.5 Å². The van der Waals surface area contributed by atoms with Crippen molar-refractivity contribution in [1.82, 2.24) is 4.98 Å². The third kappa shape index (κ3) is 5.66. The molecule has 0 bridgehead atoms. The molecule has 0 fully saturated rings. The standard InChI is InChI=1S/C19H22F3NO2/c1-13-9-15(19(20,21)22)11-16(10-13)24-7-8-25-17-6-5-14(12-23-17)18(2,3)4/h5-6,9-12H,7-8H2,1-4H3. The second-order valence-electron chi connectivity index (χ2n) is 6.86. The molecular weight excluding hydrogens is 331 g/mol. The van der Waals surface area contributed by atoms with Gasteiger partial charge in [0.15, 0.2) is 0 Å². The van der Waals surface area contributed by atoms with Crippen molar-refractivity contribution in [3.63, 3.8) is 0 Å². The Labute approximate surface area is 145 Å². The number of aromatic nitrogens is 1. The molecule has 136 valence electrons. The van der Waals surface area contributed by atoms with Gasteiger partial charge in [-0.1, -0.05) is 26.8 Å². The number of pyridine rings is 1. The Morgan fingerprint density at radius 1 is 0.920 bits per heavy atom. The molecule has 0 N–H and O–H groups in total. The third-order valence-corrected chi connectivity index (χ3v) is 3.58. The SMILES string of the molecule is Cc1cc(OCCOc2ccc(C(C)(C)C)cn2)cc(C(F)(F)F)c1. The van der Waals surface area contributed by atoms with Gasteiger partial charge in [-0.25, -0.2) is 4.98 Å². The first-order valence-corrected chi connectivity index (χ1v) is 7.97. The Morgan fingerprint density at radius 2 is 1.60 bits per heavy atom. The molecule has 3 nitrogen and oxygen atoms in total. The quantitative estimate of drug-likeness (QED) is 0.696. The van der Waals surface area contributed by atoms with Gasteiger partial charge in [0.2, 0.25) is 5.88 Å². The number of ether oxygens (including phenoxy) is 2. The van der Waals surface area contributed by atoms with E-state index in [-0.39, 0.29) is 24.4 Å². The van der Waals surface area contributed by atoms with Crippen LogP contribution in [0, 0.1) is 6.92 Å².